The van der Waals surface area contributed by atoms with E-state index in [2.05, 4.69) is 0 Å². The van der Waals surface area contributed by atoms with Gasteiger partial charge in [0.15, 0.2) is 11.5 Å². The van der Waals surface area contributed by atoms with Gasteiger partial charge in [-0.15, -0.1) is 0 Å². The molecule has 1 aliphatic rings. The number of pyridine rings is 1. The zero-order valence-electron chi connectivity index (χ0n) is 14.9. The number of β-amino-alcohol motifs (C(OH)–C–C–N with tert-alkyl or cyclic N) is 1. The summed E-state index contributed by atoms with van der Waals surface area (Å²) in [5.74, 6) is 0.296. The lowest BCUT2D eigenvalue weighted by atomic mass is 10.0. The Balaban J connectivity index is 1.64. The number of methoxy groups -OCH3 is 1. The molecule has 0 amide bonds. The molecule has 0 radical (unpaired) electrons. The van der Waals surface area contributed by atoms with E-state index in [1.165, 1.54) is 25.3 Å². The average molecular weight is 362 g/mol. The summed E-state index contributed by atoms with van der Waals surface area (Å²) in [5.41, 5.74) is 0.665. The number of aryl methyl sites for hydroxylation is 1. The Bertz CT molecular complexity index is 823. The first-order chi connectivity index (χ1) is 12.5. The Hall–Kier alpha value is -2.38. The van der Waals surface area contributed by atoms with Gasteiger partial charge in [0, 0.05) is 44.5 Å². The quantitative estimate of drug-likeness (QED) is 0.874. The molecule has 1 aliphatic heterocycles. The van der Waals surface area contributed by atoms with Crippen molar-refractivity contribution in [1.82, 2.24) is 9.47 Å². The van der Waals surface area contributed by atoms with Crippen LogP contribution in [-0.4, -0.2) is 47.0 Å². The lowest BCUT2D eigenvalue weighted by Gasteiger charge is -2.36. The molecule has 2 aromatic rings. The molecule has 0 spiro atoms. The second-order valence-corrected chi connectivity index (χ2v) is 6.49. The third kappa shape index (κ3) is 4.05. The van der Waals surface area contributed by atoms with Crippen molar-refractivity contribution in [3.05, 3.63) is 58.3 Å². The van der Waals surface area contributed by atoms with Crippen LogP contribution in [0.25, 0.3) is 0 Å². The zero-order valence-corrected chi connectivity index (χ0v) is 14.9. The Labute approximate surface area is 151 Å². The second-order valence-electron chi connectivity index (χ2n) is 6.49. The Morgan fingerprint density at radius 1 is 1.31 bits per heavy atom. The first-order valence-corrected chi connectivity index (χ1v) is 8.53. The van der Waals surface area contributed by atoms with Crippen LogP contribution in [0.3, 0.4) is 0 Å². The summed E-state index contributed by atoms with van der Waals surface area (Å²) in [4.78, 5) is 14.2. The maximum atomic E-state index is 13.3. The largest absolute Gasteiger partial charge is 0.493 e. The maximum Gasteiger partial charge on any atom is 0.254 e. The molecule has 0 bridgehead atoms. The van der Waals surface area contributed by atoms with Crippen molar-refractivity contribution >= 4 is 0 Å². The van der Waals surface area contributed by atoms with E-state index in [-0.39, 0.29) is 5.56 Å². The number of hydrogen-bond donors (Lipinski definition) is 1. The van der Waals surface area contributed by atoms with Crippen molar-refractivity contribution in [2.45, 2.75) is 25.2 Å². The van der Waals surface area contributed by atoms with E-state index in [4.69, 9.17) is 9.47 Å². The number of benzene rings is 1. The molecule has 7 heteroatoms. The molecular formula is C19H23FN2O4. The standard InChI is InChI=1S/C19H23FN2O4/c1-21-8-3-4-13(19(21)24)11-22-9-7-16(15(23)12-22)26-17-6-5-14(20)10-18(17)25-2/h3-6,8,10,15-16,23H,7,9,11-12H2,1-2H3/t15-,16-/m1/s1. The number of piperidine rings is 1. The van der Waals surface area contributed by atoms with Gasteiger partial charge in [-0.2, -0.15) is 0 Å². The van der Waals surface area contributed by atoms with Gasteiger partial charge in [-0.25, -0.2) is 4.39 Å². The van der Waals surface area contributed by atoms with Crippen LogP contribution in [0.2, 0.25) is 0 Å². The number of ether oxygens (including phenoxy) is 2. The summed E-state index contributed by atoms with van der Waals surface area (Å²) in [6.07, 6.45) is 1.18. The molecule has 1 N–H and O–H groups in total. The van der Waals surface area contributed by atoms with E-state index < -0.39 is 18.0 Å². The Kier molecular flexibility index (Phi) is 5.58. The summed E-state index contributed by atoms with van der Waals surface area (Å²) in [5, 5.41) is 10.5. The van der Waals surface area contributed by atoms with Gasteiger partial charge in [-0.1, -0.05) is 6.07 Å². The molecule has 1 aromatic carbocycles. The lowest BCUT2D eigenvalue weighted by Crippen LogP contribution is -2.49. The van der Waals surface area contributed by atoms with Crippen molar-refractivity contribution in [2.24, 2.45) is 7.05 Å². The fourth-order valence-corrected chi connectivity index (χ4v) is 3.17. The number of nitrogens with zero attached hydrogens (tertiary/aromatic N) is 2. The van der Waals surface area contributed by atoms with Crippen LogP contribution in [0.4, 0.5) is 4.39 Å². The van der Waals surface area contributed by atoms with E-state index in [9.17, 15) is 14.3 Å². The Morgan fingerprint density at radius 3 is 2.85 bits per heavy atom. The van der Waals surface area contributed by atoms with Crippen molar-refractivity contribution in [2.75, 3.05) is 20.2 Å². The zero-order chi connectivity index (χ0) is 18.7. The van der Waals surface area contributed by atoms with Crippen molar-refractivity contribution in [3.63, 3.8) is 0 Å². The fourth-order valence-electron chi connectivity index (χ4n) is 3.17. The van der Waals surface area contributed by atoms with Crippen LogP contribution in [-0.2, 0) is 13.6 Å². The molecule has 1 aromatic heterocycles. The molecule has 140 valence electrons. The Morgan fingerprint density at radius 2 is 2.12 bits per heavy atom. The van der Waals surface area contributed by atoms with E-state index in [0.29, 0.717) is 43.1 Å². The molecule has 2 atom stereocenters. The molecule has 0 saturated carbocycles. The van der Waals surface area contributed by atoms with E-state index in [0.717, 1.165) is 0 Å². The van der Waals surface area contributed by atoms with E-state index in [1.807, 2.05) is 11.0 Å². The average Bonchev–Trinajstić information content (AvgIpc) is 2.62. The number of likely N-dealkylation sites (tertiary alicyclic amines) is 1. The topological polar surface area (TPSA) is 63.9 Å². The van der Waals surface area contributed by atoms with Gasteiger partial charge in [0.25, 0.3) is 5.56 Å². The van der Waals surface area contributed by atoms with Gasteiger partial charge >= 0.3 is 0 Å². The van der Waals surface area contributed by atoms with Crippen LogP contribution in [0.15, 0.2) is 41.3 Å². The predicted molar refractivity (Wildman–Crippen MR) is 95.0 cm³/mol. The van der Waals surface area contributed by atoms with Crippen LogP contribution in [0.1, 0.15) is 12.0 Å². The monoisotopic (exact) mass is 362 g/mol. The van der Waals surface area contributed by atoms with Crippen LogP contribution < -0.4 is 15.0 Å². The molecule has 0 unspecified atom stereocenters. The molecule has 1 saturated heterocycles. The smallest absolute Gasteiger partial charge is 0.254 e. The van der Waals surface area contributed by atoms with E-state index >= 15 is 0 Å². The minimum absolute atomic E-state index is 0.0311. The summed E-state index contributed by atoms with van der Waals surface area (Å²) in [6, 6.07) is 7.69. The van der Waals surface area contributed by atoms with Gasteiger partial charge in [-0.3, -0.25) is 9.69 Å². The molecule has 1 fully saturated rings. The van der Waals surface area contributed by atoms with Gasteiger partial charge in [0.1, 0.15) is 18.0 Å². The fraction of sp³-hybridized carbons (Fsp3) is 0.421. The molecule has 6 nitrogen and oxygen atoms in total. The number of aliphatic hydroxyl groups excluding tert-OH is 1. The first-order valence-electron chi connectivity index (χ1n) is 8.53. The van der Waals surface area contributed by atoms with Crippen LogP contribution in [0, 0.1) is 5.82 Å². The summed E-state index contributed by atoms with van der Waals surface area (Å²) in [7, 11) is 3.16. The van der Waals surface area contributed by atoms with Gasteiger partial charge < -0.3 is 19.1 Å². The van der Waals surface area contributed by atoms with Crippen molar-refractivity contribution in [3.8, 4) is 11.5 Å². The summed E-state index contributed by atoms with van der Waals surface area (Å²) in [6.45, 7) is 1.56. The summed E-state index contributed by atoms with van der Waals surface area (Å²) < 4.78 is 25.8. The highest BCUT2D eigenvalue weighted by atomic mass is 19.1. The number of aromatic nitrogens is 1. The number of rotatable bonds is 5. The predicted octanol–water partition coefficient (Wildman–Crippen LogP) is 1.55. The summed E-state index contributed by atoms with van der Waals surface area (Å²) >= 11 is 0. The van der Waals surface area contributed by atoms with Crippen molar-refractivity contribution < 1.29 is 19.0 Å². The third-order valence-electron chi connectivity index (χ3n) is 4.60. The second kappa shape index (κ2) is 7.88. The van der Waals surface area contributed by atoms with Crippen molar-refractivity contribution in [1.29, 1.82) is 0 Å². The first kappa shape index (κ1) is 18.4. The lowest BCUT2D eigenvalue weighted by molar-refractivity contribution is -0.0284. The molecular weight excluding hydrogens is 339 g/mol. The minimum Gasteiger partial charge on any atom is -0.493 e. The minimum atomic E-state index is -0.717. The van der Waals surface area contributed by atoms with Gasteiger partial charge in [-0.05, 0) is 24.6 Å². The molecule has 0 aliphatic carbocycles. The highest BCUT2D eigenvalue weighted by molar-refractivity contribution is 5.40. The van der Waals surface area contributed by atoms with Gasteiger partial charge in [0.2, 0.25) is 0 Å². The highest BCUT2D eigenvalue weighted by Gasteiger charge is 2.30. The third-order valence-corrected chi connectivity index (χ3v) is 4.60. The van der Waals surface area contributed by atoms with Gasteiger partial charge in [0.05, 0.1) is 7.11 Å². The molecule has 3 rings (SSSR count). The normalized spacial score (nSPS) is 20.8. The number of hydrogen-bond acceptors (Lipinski definition) is 5. The highest BCUT2D eigenvalue weighted by Crippen LogP contribution is 2.30. The maximum absolute atomic E-state index is 13.3. The van der Waals surface area contributed by atoms with E-state index in [1.54, 1.807) is 23.9 Å². The van der Waals surface area contributed by atoms with Crippen LogP contribution >= 0.6 is 0 Å². The number of aliphatic hydroxyl groups is 1. The SMILES string of the molecule is COc1cc(F)ccc1O[C@@H]1CCN(Cc2cccn(C)c2=O)C[C@H]1O. The number of halogens is 1. The molecule has 26 heavy (non-hydrogen) atoms. The van der Waals surface area contributed by atoms with Crippen LogP contribution in [0.5, 0.6) is 11.5 Å². The molecule has 2 heterocycles.